The number of benzene rings is 1. The minimum absolute atomic E-state index is 0.452. The maximum atomic E-state index is 12.1. The first-order valence-electron chi connectivity index (χ1n) is 4.43. The van der Waals surface area contributed by atoms with Gasteiger partial charge >= 0.3 is 110 Å². The van der Waals surface area contributed by atoms with E-state index in [9.17, 15) is 21.6 Å². The molecule has 0 bridgehead atoms. The van der Waals surface area contributed by atoms with Crippen LogP contribution in [0, 0.1) is 3.57 Å². The van der Waals surface area contributed by atoms with Crippen LogP contribution in [0.5, 0.6) is 5.75 Å². The summed E-state index contributed by atoms with van der Waals surface area (Å²) in [6.45, 7) is 0. The average Bonchev–Trinajstić information content (AvgIpc) is 2.27. The van der Waals surface area contributed by atoms with Gasteiger partial charge in [-0.25, -0.2) is 0 Å². The first-order valence-corrected chi connectivity index (χ1v) is 9.95. The van der Waals surface area contributed by atoms with Crippen LogP contribution in [0.2, 0.25) is 0 Å². The van der Waals surface area contributed by atoms with E-state index in [1.54, 1.807) is 0 Å². The van der Waals surface area contributed by atoms with Crippen LogP contribution < -0.4 is 4.74 Å². The number of methoxy groups -OCH3 is 1. The molecule has 1 aromatic carbocycles. The molecule has 0 amide bonds. The van der Waals surface area contributed by atoms with Crippen LogP contribution in [0.15, 0.2) is 24.3 Å². The summed E-state index contributed by atoms with van der Waals surface area (Å²) in [5.41, 5.74) is -5.38. The Balaban J connectivity index is 2.86. The molecule has 4 nitrogen and oxygen atoms in total. The van der Waals surface area contributed by atoms with Crippen molar-refractivity contribution in [2.24, 2.45) is 0 Å². The van der Waals surface area contributed by atoms with Crippen LogP contribution in [0.25, 0.3) is 0 Å². The van der Waals surface area contributed by atoms with E-state index in [0.29, 0.717) is 9.32 Å². The maximum absolute atomic E-state index is 12.1. The molecule has 0 aliphatic rings. The Kier molecular flexibility index (Phi) is 4.84. The molecule has 0 saturated carbocycles. The monoisotopic (exact) mass is 398 g/mol. The quantitative estimate of drug-likeness (QED) is 0.445. The standard InChI is InChI=1S/C9H10F3IO4S/c1-13(17-18(14,15)9(10,11)12)7-3-5-8(16-2)6-4-7/h3-6H,1-2H3. The molecule has 1 rings (SSSR count). The van der Waals surface area contributed by atoms with Crippen molar-refractivity contribution in [3.05, 3.63) is 27.8 Å². The number of ether oxygens (including phenoxy) is 1. The van der Waals surface area contributed by atoms with Gasteiger partial charge in [0.15, 0.2) is 0 Å². The fraction of sp³-hybridized carbons (Fsp3) is 0.333. The normalized spacial score (nSPS) is 13.3. The van der Waals surface area contributed by atoms with Crippen molar-refractivity contribution in [2.75, 3.05) is 12.0 Å². The second kappa shape index (κ2) is 5.61. The van der Waals surface area contributed by atoms with Gasteiger partial charge < -0.3 is 0 Å². The van der Waals surface area contributed by atoms with Crippen LogP contribution >= 0.6 is 20.2 Å². The predicted molar refractivity (Wildman–Crippen MR) is 67.7 cm³/mol. The Morgan fingerprint density at radius 3 is 2.06 bits per heavy atom. The van der Waals surface area contributed by atoms with Crippen LogP contribution in [0.3, 0.4) is 0 Å². The van der Waals surface area contributed by atoms with Gasteiger partial charge in [-0.05, 0) is 0 Å². The zero-order valence-corrected chi connectivity index (χ0v) is 12.3. The van der Waals surface area contributed by atoms with E-state index in [-0.39, 0.29) is 0 Å². The van der Waals surface area contributed by atoms with Gasteiger partial charge in [-0.2, -0.15) is 0 Å². The molecule has 0 spiro atoms. The van der Waals surface area contributed by atoms with E-state index in [0.717, 1.165) is 0 Å². The third kappa shape index (κ3) is 3.72. The Bertz CT molecular complexity index is 498. The molecule has 0 heterocycles. The van der Waals surface area contributed by atoms with Gasteiger partial charge in [0.2, 0.25) is 0 Å². The van der Waals surface area contributed by atoms with Gasteiger partial charge in [0.05, 0.1) is 0 Å². The molecule has 9 heteroatoms. The second-order valence-corrected chi connectivity index (χ2v) is 9.26. The van der Waals surface area contributed by atoms with Crippen LogP contribution in [-0.4, -0.2) is 26.0 Å². The molecule has 0 aliphatic heterocycles. The zero-order chi connectivity index (χ0) is 14.0. The van der Waals surface area contributed by atoms with Gasteiger partial charge in [-0.1, -0.05) is 0 Å². The van der Waals surface area contributed by atoms with Crippen LogP contribution in [0.4, 0.5) is 13.2 Å². The summed E-state index contributed by atoms with van der Waals surface area (Å²) in [6, 6.07) is 6.06. The number of hydrogen-bond donors (Lipinski definition) is 0. The summed E-state index contributed by atoms with van der Waals surface area (Å²) in [5.74, 6) is 0.529. The summed E-state index contributed by atoms with van der Waals surface area (Å²) in [5, 5.41) is 0. The molecule has 0 aliphatic carbocycles. The van der Waals surface area contributed by atoms with Gasteiger partial charge in [-0.3, -0.25) is 0 Å². The number of halogens is 4. The molecule has 104 valence electrons. The Labute approximate surface area is 110 Å². The molecule has 0 saturated heterocycles. The van der Waals surface area contributed by atoms with E-state index in [2.05, 4.69) is 2.51 Å². The van der Waals surface area contributed by atoms with Crippen molar-refractivity contribution in [2.45, 2.75) is 5.51 Å². The third-order valence-electron chi connectivity index (χ3n) is 1.82. The van der Waals surface area contributed by atoms with E-state index < -0.39 is 35.9 Å². The molecule has 1 aromatic rings. The first kappa shape index (κ1) is 15.5. The summed E-state index contributed by atoms with van der Waals surface area (Å²) >= 11 is -2.87. The molecule has 0 fully saturated rings. The SMILES string of the molecule is COc1ccc(I(C)OS(=O)(=O)C(F)(F)F)cc1. The molecule has 0 radical (unpaired) electrons. The Hall–Kier alpha value is -0.550. The molecule has 0 N–H and O–H groups in total. The summed E-state index contributed by atoms with van der Waals surface area (Å²) < 4.78 is 67.6. The zero-order valence-electron chi connectivity index (χ0n) is 9.36. The Morgan fingerprint density at radius 1 is 1.17 bits per heavy atom. The van der Waals surface area contributed by atoms with Crippen molar-refractivity contribution >= 4 is 30.4 Å². The van der Waals surface area contributed by atoms with Crippen molar-refractivity contribution in [1.29, 1.82) is 0 Å². The van der Waals surface area contributed by atoms with Gasteiger partial charge in [0.1, 0.15) is 0 Å². The topological polar surface area (TPSA) is 52.6 Å². The fourth-order valence-corrected chi connectivity index (χ4v) is 6.07. The molecule has 0 aromatic heterocycles. The molecule has 0 atom stereocenters. The van der Waals surface area contributed by atoms with E-state index in [4.69, 9.17) is 4.74 Å². The third-order valence-corrected chi connectivity index (χ3v) is 8.25. The summed E-state index contributed by atoms with van der Waals surface area (Å²) in [6.07, 6.45) is 0. The fourth-order valence-electron chi connectivity index (χ4n) is 0.945. The van der Waals surface area contributed by atoms with Crippen molar-refractivity contribution in [3.8, 4) is 5.75 Å². The molecular formula is C9H10F3IO4S. The van der Waals surface area contributed by atoms with Crippen molar-refractivity contribution in [3.63, 3.8) is 0 Å². The summed E-state index contributed by atoms with van der Waals surface area (Å²) in [7, 11) is -4.08. The molecule has 0 unspecified atom stereocenters. The number of rotatable bonds is 4. The van der Waals surface area contributed by atoms with Crippen molar-refractivity contribution < 1.29 is 28.8 Å². The van der Waals surface area contributed by atoms with Gasteiger partial charge in [-0.15, -0.1) is 0 Å². The van der Waals surface area contributed by atoms with Crippen molar-refractivity contribution in [1.82, 2.24) is 0 Å². The van der Waals surface area contributed by atoms with E-state index in [1.807, 2.05) is 0 Å². The van der Waals surface area contributed by atoms with E-state index >= 15 is 0 Å². The van der Waals surface area contributed by atoms with E-state index in [1.165, 1.54) is 36.3 Å². The van der Waals surface area contributed by atoms with Gasteiger partial charge in [0.25, 0.3) is 0 Å². The molecular weight excluding hydrogens is 388 g/mol. The minimum atomic E-state index is -5.52. The first-order chi connectivity index (χ1) is 8.17. The van der Waals surface area contributed by atoms with Crippen LogP contribution in [0.1, 0.15) is 0 Å². The molecule has 18 heavy (non-hydrogen) atoms. The second-order valence-electron chi connectivity index (χ2n) is 3.04. The summed E-state index contributed by atoms with van der Waals surface area (Å²) in [4.78, 5) is 1.37. The average molecular weight is 398 g/mol. The van der Waals surface area contributed by atoms with Crippen LogP contribution in [-0.2, 0) is 12.6 Å². The Morgan fingerprint density at radius 2 is 1.67 bits per heavy atom. The van der Waals surface area contributed by atoms with Gasteiger partial charge in [0, 0.05) is 0 Å². The predicted octanol–water partition coefficient (Wildman–Crippen LogP) is 2.78. The number of hydrogen-bond acceptors (Lipinski definition) is 4. The number of alkyl halides is 4.